The highest BCUT2D eigenvalue weighted by Crippen LogP contribution is 2.38. The maximum Gasteiger partial charge on any atom is 0.163 e. The first-order valence-electron chi connectivity index (χ1n) is 10.9. The van der Waals surface area contributed by atoms with Gasteiger partial charge in [0.15, 0.2) is 11.5 Å². The largest absolute Gasteiger partial charge is 0.493 e. The van der Waals surface area contributed by atoms with E-state index < -0.39 is 0 Å². The predicted molar refractivity (Wildman–Crippen MR) is 114 cm³/mol. The lowest BCUT2D eigenvalue weighted by Crippen LogP contribution is -2.21. The van der Waals surface area contributed by atoms with Crippen molar-refractivity contribution in [1.29, 1.82) is 0 Å². The minimum atomic E-state index is 0.535. The summed E-state index contributed by atoms with van der Waals surface area (Å²) in [7, 11) is 1.68. The summed E-state index contributed by atoms with van der Waals surface area (Å²) in [4.78, 5) is 7.48. The number of nitrogen functional groups attached to an aromatic ring is 1. The van der Waals surface area contributed by atoms with Crippen molar-refractivity contribution in [3.63, 3.8) is 0 Å². The molecule has 0 radical (unpaired) electrons. The lowest BCUT2D eigenvalue weighted by molar-refractivity contribution is 0.254. The second-order valence-corrected chi connectivity index (χ2v) is 8.24. The number of nitrogens with zero attached hydrogens (tertiary/aromatic N) is 2. The topological polar surface area (TPSA) is 60.6 Å². The molecule has 1 saturated carbocycles. The average Bonchev–Trinajstić information content (AvgIpc) is 3.25. The van der Waals surface area contributed by atoms with Crippen LogP contribution in [0.5, 0.6) is 11.5 Å². The monoisotopic (exact) mass is 383 g/mol. The Morgan fingerprint density at radius 2 is 1.82 bits per heavy atom. The van der Waals surface area contributed by atoms with E-state index in [1.807, 2.05) is 12.1 Å². The standard InChI is InChI=1S/C23H33N3O2/c1-27-22-14-18-19(24)15-20(17-8-3-2-4-9-17)25-21(18)16-23(22)28-13-7-12-26-10-5-6-11-26/h14-17H,2-13H2,1H3,(H2,24,25). The Morgan fingerprint density at radius 3 is 2.57 bits per heavy atom. The molecule has 2 aromatic rings. The van der Waals surface area contributed by atoms with Gasteiger partial charge in [-0.05, 0) is 57.3 Å². The van der Waals surface area contributed by atoms with Crippen LogP contribution in [0.25, 0.3) is 10.9 Å². The fourth-order valence-electron chi connectivity index (χ4n) is 4.64. The molecular formula is C23H33N3O2. The molecule has 0 amide bonds. The summed E-state index contributed by atoms with van der Waals surface area (Å²) < 4.78 is 11.7. The van der Waals surface area contributed by atoms with Crippen LogP contribution in [0.2, 0.25) is 0 Å². The molecule has 1 aliphatic heterocycles. The first kappa shape index (κ1) is 19.3. The van der Waals surface area contributed by atoms with Gasteiger partial charge in [-0.1, -0.05) is 19.3 Å². The van der Waals surface area contributed by atoms with Crippen LogP contribution >= 0.6 is 0 Å². The second kappa shape index (κ2) is 8.99. The summed E-state index contributed by atoms with van der Waals surface area (Å²) in [6.45, 7) is 4.25. The molecule has 2 N–H and O–H groups in total. The number of rotatable bonds is 7. The zero-order valence-electron chi connectivity index (χ0n) is 17.1. The Kier molecular flexibility index (Phi) is 6.20. The van der Waals surface area contributed by atoms with E-state index in [1.165, 1.54) is 58.0 Å². The van der Waals surface area contributed by atoms with Crippen molar-refractivity contribution in [2.24, 2.45) is 0 Å². The van der Waals surface area contributed by atoms with E-state index >= 15 is 0 Å². The molecule has 152 valence electrons. The molecule has 0 spiro atoms. The molecule has 1 aliphatic carbocycles. The van der Waals surface area contributed by atoms with Crippen LogP contribution in [0.3, 0.4) is 0 Å². The molecule has 0 unspecified atom stereocenters. The van der Waals surface area contributed by atoms with E-state index in [9.17, 15) is 0 Å². The van der Waals surface area contributed by atoms with E-state index in [1.54, 1.807) is 7.11 Å². The van der Waals surface area contributed by atoms with Gasteiger partial charge in [-0.15, -0.1) is 0 Å². The minimum absolute atomic E-state index is 0.535. The molecule has 1 aromatic carbocycles. The zero-order chi connectivity index (χ0) is 19.3. The Balaban J connectivity index is 1.51. The molecular weight excluding hydrogens is 350 g/mol. The summed E-state index contributed by atoms with van der Waals surface area (Å²) >= 11 is 0. The number of ether oxygens (including phenoxy) is 2. The lowest BCUT2D eigenvalue weighted by Gasteiger charge is -2.22. The highest BCUT2D eigenvalue weighted by Gasteiger charge is 2.19. The normalized spacial score (nSPS) is 18.6. The Bertz CT molecular complexity index is 796. The van der Waals surface area contributed by atoms with Gasteiger partial charge in [-0.3, -0.25) is 4.98 Å². The maximum atomic E-state index is 6.39. The van der Waals surface area contributed by atoms with Crippen molar-refractivity contribution in [3.8, 4) is 11.5 Å². The molecule has 0 atom stereocenters. The van der Waals surface area contributed by atoms with Gasteiger partial charge in [0, 0.05) is 35.3 Å². The fraction of sp³-hybridized carbons (Fsp3) is 0.609. The van der Waals surface area contributed by atoms with E-state index in [0.29, 0.717) is 12.5 Å². The van der Waals surface area contributed by atoms with Crippen LogP contribution in [0.1, 0.15) is 63.0 Å². The van der Waals surface area contributed by atoms with Gasteiger partial charge >= 0.3 is 0 Å². The fourth-order valence-corrected chi connectivity index (χ4v) is 4.64. The van der Waals surface area contributed by atoms with Gasteiger partial charge in [0.1, 0.15) is 0 Å². The van der Waals surface area contributed by atoms with Gasteiger partial charge in [0.25, 0.3) is 0 Å². The number of aromatic nitrogens is 1. The van der Waals surface area contributed by atoms with Crippen molar-refractivity contribution >= 4 is 16.6 Å². The highest BCUT2D eigenvalue weighted by atomic mass is 16.5. The van der Waals surface area contributed by atoms with Crippen LogP contribution in [0.15, 0.2) is 18.2 Å². The number of likely N-dealkylation sites (tertiary alicyclic amines) is 1. The molecule has 2 aliphatic rings. The first-order chi connectivity index (χ1) is 13.7. The number of hydrogen-bond donors (Lipinski definition) is 1. The van der Waals surface area contributed by atoms with Crippen molar-refractivity contribution in [2.45, 2.75) is 57.3 Å². The number of nitrogens with two attached hydrogens (primary N) is 1. The van der Waals surface area contributed by atoms with Crippen LogP contribution in [-0.4, -0.2) is 43.2 Å². The first-order valence-corrected chi connectivity index (χ1v) is 10.9. The van der Waals surface area contributed by atoms with Gasteiger partial charge in [0.05, 0.1) is 19.2 Å². The van der Waals surface area contributed by atoms with E-state index in [0.717, 1.165) is 46.7 Å². The third-order valence-corrected chi connectivity index (χ3v) is 6.24. The summed E-state index contributed by atoms with van der Waals surface area (Å²) in [5, 5.41) is 0.945. The van der Waals surface area contributed by atoms with E-state index in [-0.39, 0.29) is 0 Å². The van der Waals surface area contributed by atoms with E-state index in [4.69, 9.17) is 20.2 Å². The van der Waals surface area contributed by atoms with Crippen molar-refractivity contribution < 1.29 is 9.47 Å². The average molecular weight is 384 g/mol. The highest BCUT2D eigenvalue weighted by molar-refractivity contribution is 5.92. The smallest absolute Gasteiger partial charge is 0.163 e. The molecule has 1 aromatic heterocycles. The van der Waals surface area contributed by atoms with Crippen LogP contribution in [-0.2, 0) is 0 Å². The number of methoxy groups -OCH3 is 1. The minimum Gasteiger partial charge on any atom is -0.493 e. The lowest BCUT2D eigenvalue weighted by atomic mass is 9.86. The van der Waals surface area contributed by atoms with Gasteiger partial charge in [-0.2, -0.15) is 0 Å². The number of benzene rings is 1. The van der Waals surface area contributed by atoms with Crippen molar-refractivity contribution in [3.05, 3.63) is 23.9 Å². The van der Waals surface area contributed by atoms with Gasteiger partial charge in [-0.25, -0.2) is 0 Å². The number of fused-ring (bicyclic) bond motifs is 1. The number of pyridine rings is 1. The predicted octanol–water partition coefficient (Wildman–Crippen LogP) is 4.74. The second-order valence-electron chi connectivity index (χ2n) is 8.24. The molecule has 4 rings (SSSR count). The van der Waals surface area contributed by atoms with Gasteiger partial charge < -0.3 is 20.1 Å². The zero-order valence-corrected chi connectivity index (χ0v) is 17.1. The summed E-state index contributed by atoms with van der Waals surface area (Å²) in [5.74, 6) is 2.03. The third kappa shape index (κ3) is 4.35. The Labute approximate surface area is 168 Å². The van der Waals surface area contributed by atoms with Crippen molar-refractivity contribution in [2.75, 3.05) is 39.1 Å². The number of anilines is 1. The maximum absolute atomic E-state index is 6.39. The number of hydrogen-bond acceptors (Lipinski definition) is 5. The Morgan fingerprint density at radius 1 is 1.04 bits per heavy atom. The molecule has 2 heterocycles. The summed E-state index contributed by atoms with van der Waals surface area (Å²) in [5.41, 5.74) is 9.22. The SMILES string of the molecule is COc1cc2c(N)cc(C3CCCCC3)nc2cc1OCCCN1CCCC1. The molecule has 5 nitrogen and oxygen atoms in total. The molecule has 2 fully saturated rings. The summed E-state index contributed by atoms with van der Waals surface area (Å²) in [6, 6.07) is 6.04. The van der Waals surface area contributed by atoms with Gasteiger partial charge in [0.2, 0.25) is 0 Å². The summed E-state index contributed by atoms with van der Waals surface area (Å²) in [6.07, 6.45) is 10.0. The molecule has 5 heteroatoms. The molecule has 0 bridgehead atoms. The molecule has 28 heavy (non-hydrogen) atoms. The van der Waals surface area contributed by atoms with Crippen LogP contribution in [0.4, 0.5) is 5.69 Å². The molecule has 1 saturated heterocycles. The third-order valence-electron chi connectivity index (χ3n) is 6.24. The van der Waals surface area contributed by atoms with E-state index in [2.05, 4.69) is 11.0 Å². The van der Waals surface area contributed by atoms with Crippen LogP contribution < -0.4 is 15.2 Å². The quantitative estimate of drug-likeness (QED) is 0.700. The van der Waals surface area contributed by atoms with Crippen LogP contribution in [0, 0.1) is 0 Å². The Hall–Kier alpha value is -2.01. The van der Waals surface area contributed by atoms with Crippen molar-refractivity contribution in [1.82, 2.24) is 9.88 Å².